The van der Waals surface area contributed by atoms with Crippen LogP contribution in [-0.4, -0.2) is 31.1 Å². The van der Waals surface area contributed by atoms with Crippen LogP contribution in [0.4, 0.5) is 4.39 Å². The van der Waals surface area contributed by atoms with E-state index >= 15 is 0 Å². The van der Waals surface area contributed by atoms with Crippen LogP contribution < -0.4 is 14.8 Å². The van der Waals surface area contributed by atoms with Gasteiger partial charge in [0, 0.05) is 32.4 Å². The summed E-state index contributed by atoms with van der Waals surface area (Å²) in [7, 11) is -2.04. The highest BCUT2D eigenvalue weighted by Gasteiger charge is 2.24. The van der Waals surface area contributed by atoms with Gasteiger partial charge in [-0.1, -0.05) is 30.3 Å². The van der Waals surface area contributed by atoms with E-state index in [-0.39, 0.29) is 30.0 Å². The maximum atomic E-state index is 14.4. The van der Waals surface area contributed by atoms with Crippen molar-refractivity contribution in [3.63, 3.8) is 0 Å². The van der Waals surface area contributed by atoms with Crippen molar-refractivity contribution < 1.29 is 17.5 Å². The lowest BCUT2D eigenvalue weighted by molar-refractivity contribution is 0.306. The largest absolute Gasteiger partial charge is 0.489 e. The van der Waals surface area contributed by atoms with Gasteiger partial charge in [-0.15, -0.1) is 0 Å². The fraction of sp³-hybridized carbons (Fsp3) is 0.286. The first-order valence-corrected chi connectivity index (χ1v) is 11.1. The summed E-state index contributed by atoms with van der Waals surface area (Å²) in [5.41, 5.74) is 3.11. The van der Waals surface area contributed by atoms with Crippen LogP contribution in [0, 0.1) is 5.82 Å². The van der Waals surface area contributed by atoms with Gasteiger partial charge in [-0.3, -0.25) is 0 Å². The van der Waals surface area contributed by atoms with E-state index < -0.39 is 15.8 Å². The molecule has 0 fully saturated rings. The minimum atomic E-state index is -3.72. The monoisotopic (exact) mass is 430 g/mol. The lowest BCUT2D eigenvalue weighted by Crippen LogP contribution is -2.28. The van der Waals surface area contributed by atoms with Crippen molar-refractivity contribution in [3.8, 4) is 5.75 Å². The zero-order valence-electron chi connectivity index (χ0n) is 16.5. The average molecular weight is 431 g/mol. The maximum Gasteiger partial charge on any atom is 0.259 e. The Bertz CT molecular complexity index is 1130. The van der Waals surface area contributed by atoms with E-state index in [0.29, 0.717) is 6.54 Å². The molecule has 0 saturated carbocycles. The fourth-order valence-corrected chi connectivity index (χ4v) is 4.50. The average Bonchev–Trinajstić information content (AvgIpc) is 3.33. The Morgan fingerprint density at radius 2 is 2.10 bits per heavy atom. The Kier molecular flexibility index (Phi) is 5.85. The van der Waals surface area contributed by atoms with Crippen molar-refractivity contribution in [3.05, 3.63) is 77.5 Å². The van der Waals surface area contributed by atoms with Gasteiger partial charge in [-0.25, -0.2) is 22.5 Å². The number of aromatic nitrogens is 2. The van der Waals surface area contributed by atoms with Gasteiger partial charge >= 0.3 is 0 Å². The molecule has 0 aliphatic carbocycles. The number of aryl methyl sites for hydroxylation is 1. The summed E-state index contributed by atoms with van der Waals surface area (Å²) < 4.78 is 48.3. The fourth-order valence-electron chi connectivity index (χ4n) is 3.51. The van der Waals surface area contributed by atoms with E-state index in [0.717, 1.165) is 17.5 Å². The smallest absolute Gasteiger partial charge is 0.259 e. The van der Waals surface area contributed by atoms with Gasteiger partial charge in [-0.05, 0) is 35.2 Å². The van der Waals surface area contributed by atoms with Gasteiger partial charge in [0.15, 0.2) is 16.6 Å². The third-order valence-electron chi connectivity index (χ3n) is 5.00. The van der Waals surface area contributed by atoms with E-state index in [1.165, 1.54) is 24.2 Å². The normalized spacial score (nSPS) is 15.9. The van der Waals surface area contributed by atoms with Crippen LogP contribution in [0.25, 0.3) is 0 Å². The molecule has 0 saturated heterocycles. The van der Waals surface area contributed by atoms with Crippen molar-refractivity contribution in [2.45, 2.75) is 24.0 Å². The summed E-state index contributed by atoms with van der Waals surface area (Å²) in [4.78, 5) is 3.83. The van der Waals surface area contributed by atoms with E-state index in [2.05, 4.69) is 27.2 Å². The molecular weight excluding hydrogens is 407 g/mol. The SMILES string of the molecule is Cn1cnc(S(=O)(=O)NCCOc2cc3c(cc2F)CNC3Cc2ccccc2)c1. The predicted octanol–water partition coefficient (Wildman–Crippen LogP) is 2.30. The first-order chi connectivity index (χ1) is 14.4. The highest BCUT2D eigenvalue weighted by atomic mass is 32.2. The number of benzene rings is 2. The first-order valence-electron chi connectivity index (χ1n) is 9.62. The molecule has 1 aromatic heterocycles. The molecule has 2 aromatic carbocycles. The number of nitrogens with zero attached hydrogens (tertiary/aromatic N) is 2. The Morgan fingerprint density at radius 1 is 1.30 bits per heavy atom. The van der Waals surface area contributed by atoms with Crippen molar-refractivity contribution in [2.75, 3.05) is 13.2 Å². The highest BCUT2D eigenvalue weighted by molar-refractivity contribution is 7.89. The molecule has 0 spiro atoms. The molecule has 0 bridgehead atoms. The molecule has 0 amide bonds. The lowest BCUT2D eigenvalue weighted by Gasteiger charge is -2.14. The lowest BCUT2D eigenvalue weighted by atomic mass is 9.98. The molecule has 158 valence electrons. The molecule has 30 heavy (non-hydrogen) atoms. The third kappa shape index (κ3) is 4.53. The molecule has 9 heteroatoms. The number of hydrogen-bond acceptors (Lipinski definition) is 5. The summed E-state index contributed by atoms with van der Waals surface area (Å²) in [6.45, 7) is 0.605. The van der Waals surface area contributed by atoms with Gasteiger partial charge < -0.3 is 14.6 Å². The second-order valence-corrected chi connectivity index (χ2v) is 8.94. The molecule has 7 nitrogen and oxygen atoms in total. The minimum absolute atomic E-state index is 0.00112. The van der Waals surface area contributed by atoms with E-state index in [9.17, 15) is 12.8 Å². The number of halogens is 1. The molecule has 0 radical (unpaired) electrons. The van der Waals surface area contributed by atoms with Crippen molar-refractivity contribution in [2.24, 2.45) is 7.05 Å². The second-order valence-electron chi connectivity index (χ2n) is 7.23. The van der Waals surface area contributed by atoms with Crippen molar-refractivity contribution in [1.29, 1.82) is 0 Å². The Morgan fingerprint density at radius 3 is 2.83 bits per heavy atom. The van der Waals surface area contributed by atoms with Gasteiger partial charge in [0.05, 0.1) is 6.33 Å². The summed E-state index contributed by atoms with van der Waals surface area (Å²) in [5.74, 6) is -0.337. The summed E-state index contributed by atoms with van der Waals surface area (Å²) >= 11 is 0. The number of sulfonamides is 1. The molecule has 3 aromatic rings. The van der Waals surface area contributed by atoms with Crippen molar-refractivity contribution in [1.82, 2.24) is 19.6 Å². The second kappa shape index (κ2) is 8.55. The van der Waals surface area contributed by atoms with Gasteiger partial charge in [-0.2, -0.15) is 0 Å². The predicted molar refractivity (Wildman–Crippen MR) is 110 cm³/mol. The standard InChI is InChI=1S/C21H23FN4O3S/c1-26-13-21(24-14-26)30(27,28)25-7-8-29-20-11-17-16(10-18(20)22)12-23-19(17)9-15-5-3-2-4-6-15/h2-6,10-11,13-14,19,23,25H,7-9,12H2,1H3. The highest BCUT2D eigenvalue weighted by Crippen LogP contribution is 2.33. The van der Waals surface area contributed by atoms with Crippen LogP contribution in [0.15, 0.2) is 60.0 Å². The van der Waals surface area contributed by atoms with Gasteiger partial charge in [0.25, 0.3) is 10.0 Å². The number of imidazole rings is 1. The summed E-state index contributed by atoms with van der Waals surface area (Å²) in [5, 5.41) is 3.34. The first kappa shape index (κ1) is 20.5. The quantitative estimate of drug-likeness (QED) is 0.536. The summed E-state index contributed by atoms with van der Waals surface area (Å²) in [6, 6.07) is 13.4. The molecule has 1 aliphatic rings. The number of rotatable bonds is 8. The van der Waals surface area contributed by atoms with E-state index in [1.807, 2.05) is 18.2 Å². The maximum absolute atomic E-state index is 14.4. The Balaban J connectivity index is 1.39. The molecule has 4 rings (SSSR count). The number of nitrogens with one attached hydrogen (secondary N) is 2. The minimum Gasteiger partial charge on any atom is -0.489 e. The van der Waals surface area contributed by atoms with Crippen LogP contribution in [0.1, 0.15) is 22.7 Å². The Labute approximate surface area is 175 Å². The topological polar surface area (TPSA) is 85.2 Å². The van der Waals surface area contributed by atoms with Crippen molar-refractivity contribution >= 4 is 10.0 Å². The molecule has 2 heterocycles. The van der Waals surface area contributed by atoms with Gasteiger partial charge in [0.1, 0.15) is 6.61 Å². The molecule has 1 aliphatic heterocycles. The Hall–Kier alpha value is -2.75. The van der Waals surface area contributed by atoms with Gasteiger partial charge in [0.2, 0.25) is 0 Å². The molecule has 2 N–H and O–H groups in total. The van der Waals surface area contributed by atoms with Crippen LogP contribution in [0.5, 0.6) is 5.75 Å². The summed E-state index contributed by atoms with van der Waals surface area (Å²) in [6.07, 6.45) is 3.61. The number of hydrogen-bond donors (Lipinski definition) is 2. The number of ether oxygens (including phenoxy) is 1. The van der Waals surface area contributed by atoms with Crippen LogP contribution in [-0.2, 0) is 30.0 Å². The van der Waals surface area contributed by atoms with E-state index in [1.54, 1.807) is 17.7 Å². The zero-order chi connectivity index (χ0) is 21.1. The number of fused-ring (bicyclic) bond motifs is 1. The van der Waals surface area contributed by atoms with Crippen LogP contribution >= 0.6 is 0 Å². The van der Waals surface area contributed by atoms with E-state index in [4.69, 9.17) is 4.74 Å². The third-order valence-corrected chi connectivity index (χ3v) is 6.34. The molecule has 1 atom stereocenters. The molecular formula is C21H23FN4O3S. The molecule has 1 unspecified atom stereocenters. The van der Waals surface area contributed by atoms with Crippen LogP contribution in [0.3, 0.4) is 0 Å². The zero-order valence-corrected chi connectivity index (χ0v) is 17.3. The van der Waals surface area contributed by atoms with Crippen LogP contribution in [0.2, 0.25) is 0 Å².